The lowest BCUT2D eigenvalue weighted by Gasteiger charge is -2.17. The van der Waals surface area contributed by atoms with Crippen LogP contribution in [0.1, 0.15) is 51.0 Å². The Morgan fingerprint density at radius 2 is 1.79 bits per heavy atom. The van der Waals surface area contributed by atoms with Crippen LogP contribution in [-0.4, -0.2) is 7.05 Å². The maximum Gasteiger partial charge on any atom is 0.137 e. The van der Waals surface area contributed by atoms with Crippen molar-refractivity contribution in [3.8, 4) is 0 Å². The van der Waals surface area contributed by atoms with E-state index in [1.807, 2.05) is 7.05 Å². The number of nitrogens with one attached hydrogen (secondary N) is 1. The molecular formula is C16H22BrNO. The molecule has 104 valence electrons. The predicted molar refractivity (Wildman–Crippen MR) is 84.6 cm³/mol. The minimum Gasteiger partial charge on any atom is -0.459 e. The molecule has 0 saturated carbocycles. The van der Waals surface area contributed by atoms with E-state index in [1.165, 1.54) is 10.9 Å². The van der Waals surface area contributed by atoms with Crippen LogP contribution < -0.4 is 5.32 Å². The minimum atomic E-state index is 0.256. The van der Waals surface area contributed by atoms with Gasteiger partial charge in [-0.3, -0.25) is 0 Å². The summed E-state index contributed by atoms with van der Waals surface area (Å²) < 4.78 is 7.26. The molecule has 0 aliphatic carbocycles. The Morgan fingerprint density at radius 1 is 1.11 bits per heavy atom. The van der Waals surface area contributed by atoms with Crippen molar-refractivity contribution in [3.05, 3.63) is 34.0 Å². The minimum absolute atomic E-state index is 0.256. The van der Waals surface area contributed by atoms with E-state index in [-0.39, 0.29) is 6.04 Å². The number of furan rings is 1. The molecular weight excluding hydrogens is 302 g/mol. The van der Waals surface area contributed by atoms with Crippen LogP contribution in [0, 0.1) is 5.92 Å². The lowest BCUT2D eigenvalue weighted by Crippen LogP contribution is -2.20. The number of rotatable bonds is 4. The number of halogens is 1. The van der Waals surface area contributed by atoms with Crippen LogP contribution >= 0.6 is 15.9 Å². The van der Waals surface area contributed by atoms with Crippen molar-refractivity contribution < 1.29 is 4.42 Å². The summed E-state index contributed by atoms with van der Waals surface area (Å²) in [4.78, 5) is 0. The molecule has 0 fully saturated rings. The number of fused-ring (bicyclic) bond motifs is 1. The van der Waals surface area contributed by atoms with E-state index >= 15 is 0 Å². The zero-order chi connectivity index (χ0) is 14.2. The van der Waals surface area contributed by atoms with E-state index < -0.39 is 0 Å². The predicted octanol–water partition coefficient (Wildman–Crippen LogP) is 5.24. The molecule has 1 aromatic carbocycles. The molecule has 1 unspecified atom stereocenters. The van der Waals surface area contributed by atoms with Gasteiger partial charge in [0.25, 0.3) is 0 Å². The van der Waals surface area contributed by atoms with Gasteiger partial charge in [-0.25, -0.2) is 0 Å². The first kappa shape index (κ1) is 14.6. The molecule has 1 N–H and O–H groups in total. The smallest absolute Gasteiger partial charge is 0.137 e. The van der Waals surface area contributed by atoms with Gasteiger partial charge in [-0.2, -0.15) is 0 Å². The van der Waals surface area contributed by atoms with E-state index in [4.69, 9.17) is 4.42 Å². The molecule has 0 amide bonds. The molecule has 1 atom stereocenters. The molecule has 0 aliphatic heterocycles. The summed E-state index contributed by atoms with van der Waals surface area (Å²) in [5, 5.41) is 4.51. The molecule has 0 saturated heterocycles. The highest BCUT2D eigenvalue weighted by molar-refractivity contribution is 9.10. The van der Waals surface area contributed by atoms with Crippen molar-refractivity contribution in [2.45, 2.75) is 39.7 Å². The quantitative estimate of drug-likeness (QED) is 0.832. The van der Waals surface area contributed by atoms with E-state index in [0.29, 0.717) is 11.8 Å². The van der Waals surface area contributed by atoms with Crippen LogP contribution in [0.25, 0.3) is 11.0 Å². The Bertz CT molecular complexity index is 571. The second-order valence-electron chi connectivity index (χ2n) is 5.73. The van der Waals surface area contributed by atoms with Gasteiger partial charge in [0.2, 0.25) is 0 Å². The Labute approximate surface area is 123 Å². The molecule has 0 aliphatic rings. The lowest BCUT2D eigenvalue weighted by atomic mass is 10.0. The molecule has 2 aromatic rings. The number of benzene rings is 1. The fourth-order valence-electron chi connectivity index (χ4n) is 2.55. The van der Waals surface area contributed by atoms with Gasteiger partial charge in [0.1, 0.15) is 11.3 Å². The standard InChI is InChI=1S/C16H22BrNO/c1-9(2)13-8-12(17)6-11-7-14(19-16(11)13)15(18-5)10(3)4/h6-10,15,18H,1-5H3. The molecule has 1 aromatic heterocycles. The topological polar surface area (TPSA) is 25.2 Å². The summed E-state index contributed by atoms with van der Waals surface area (Å²) in [6.45, 7) is 8.80. The van der Waals surface area contributed by atoms with Gasteiger partial charge < -0.3 is 9.73 Å². The highest BCUT2D eigenvalue weighted by Gasteiger charge is 2.20. The third kappa shape index (κ3) is 2.87. The summed E-state index contributed by atoms with van der Waals surface area (Å²) in [7, 11) is 1.98. The molecule has 0 radical (unpaired) electrons. The van der Waals surface area contributed by atoms with Crippen molar-refractivity contribution in [1.82, 2.24) is 5.32 Å². The zero-order valence-corrected chi connectivity index (χ0v) is 13.8. The molecule has 2 nitrogen and oxygen atoms in total. The van der Waals surface area contributed by atoms with Crippen LogP contribution in [-0.2, 0) is 0 Å². The van der Waals surface area contributed by atoms with Gasteiger partial charge in [-0.1, -0.05) is 43.6 Å². The average molecular weight is 324 g/mol. The summed E-state index contributed by atoms with van der Waals surface area (Å²) in [6, 6.07) is 6.70. The van der Waals surface area contributed by atoms with E-state index in [9.17, 15) is 0 Å². The van der Waals surface area contributed by atoms with Crippen LogP contribution in [0.15, 0.2) is 27.1 Å². The highest BCUT2D eigenvalue weighted by atomic mass is 79.9. The molecule has 3 heteroatoms. The van der Waals surface area contributed by atoms with Crippen LogP contribution in [0.5, 0.6) is 0 Å². The molecule has 2 rings (SSSR count). The van der Waals surface area contributed by atoms with Gasteiger partial charge in [0.15, 0.2) is 0 Å². The van der Waals surface area contributed by atoms with Gasteiger partial charge in [0, 0.05) is 9.86 Å². The molecule has 1 heterocycles. The highest BCUT2D eigenvalue weighted by Crippen LogP contribution is 2.34. The summed E-state index contributed by atoms with van der Waals surface area (Å²) in [6.07, 6.45) is 0. The molecule has 0 bridgehead atoms. The zero-order valence-electron chi connectivity index (χ0n) is 12.3. The van der Waals surface area contributed by atoms with Gasteiger partial charge in [-0.15, -0.1) is 0 Å². The largest absolute Gasteiger partial charge is 0.459 e. The SMILES string of the molecule is CNC(c1cc2cc(Br)cc(C(C)C)c2o1)C(C)C. The average Bonchev–Trinajstić information content (AvgIpc) is 2.71. The Hall–Kier alpha value is -0.800. The summed E-state index contributed by atoms with van der Waals surface area (Å²) >= 11 is 3.59. The van der Waals surface area contributed by atoms with Crippen LogP contribution in [0.2, 0.25) is 0 Å². The maximum absolute atomic E-state index is 6.15. The van der Waals surface area contributed by atoms with Gasteiger partial charge in [0.05, 0.1) is 6.04 Å². The van der Waals surface area contributed by atoms with Crippen molar-refractivity contribution >= 4 is 26.9 Å². The fraction of sp³-hybridized carbons (Fsp3) is 0.500. The van der Waals surface area contributed by atoms with Crippen molar-refractivity contribution in [3.63, 3.8) is 0 Å². The van der Waals surface area contributed by atoms with E-state index in [1.54, 1.807) is 0 Å². The number of hydrogen-bond acceptors (Lipinski definition) is 2. The third-order valence-corrected chi connectivity index (χ3v) is 3.99. The Kier molecular flexibility index (Phi) is 4.36. The van der Waals surface area contributed by atoms with Gasteiger partial charge in [-0.05, 0) is 42.6 Å². The second-order valence-corrected chi connectivity index (χ2v) is 6.64. The van der Waals surface area contributed by atoms with Crippen LogP contribution in [0.3, 0.4) is 0 Å². The van der Waals surface area contributed by atoms with Crippen molar-refractivity contribution in [1.29, 1.82) is 0 Å². The van der Waals surface area contributed by atoms with Crippen molar-refractivity contribution in [2.75, 3.05) is 7.05 Å². The number of hydrogen-bond donors (Lipinski definition) is 1. The first-order chi connectivity index (χ1) is 8.93. The van der Waals surface area contributed by atoms with Crippen molar-refractivity contribution in [2.24, 2.45) is 5.92 Å². The summed E-state index contributed by atoms with van der Waals surface area (Å²) in [5.74, 6) is 1.97. The Balaban J connectivity index is 2.59. The van der Waals surface area contributed by atoms with E-state index in [0.717, 1.165) is 15.8 Å². The first-order valence-electron chi connectivity index (χ1n) is 6.84. The summed E-state index contributed by atoms with van der Waals surface area (Å²) in [5.41, 5.74) is 2.28. The Morgan fingerprint density at radius 3 is 2.32 bits per heavy atom. The second kappa shape index (κ2) is 5.68. The third-order valence-electron chi connectivity index (χ3n) is 3.54. The molecule has 0 spiro atoms. The van der Waals surface area contributed by atoms with Gasteiger partial charge >= 0.3 is 0 Å². The maximum atomic E-state index is 6.15. The first-order valence-corrected chi connectivity index (χ1v) is 7.63. The normalized spacial score (nSPS) is 13.7. The lowest BCUT2D eigenvalue weighted by molar-refractivity contribution is 0.370. The monoisotopic (exact) mass is 323 g/mol. The fourth-order valence-corrected chi connectivity index (χ4v) is 3.04. The molecule has 19 heavy (non-hydrogen) atoms. The van der Waals surface area contributed by atoms with E-state index in [2.05, 4.69) is 67.1 Å². The van der Waals surface area contributed by atoms with Crippen LogP contribution in [0.4, 0.5) is 0 Å².